The molecule has 3 aliphatic rings. The van der Waals surface area contributed by atoms with Gasteiger partial charge in [0.1, 0.15) is 54.2 Å². The number of fused-ring (bicyclic) bond motifs is 1. The molecule has 1 unspecified atom stereocenters. The number of ether oxygens (including phenoxy) is 2. The summed E-state index contributed by atoms with van der Waals surface area (Å²) in [5.74, 6) is -11.2. The van der Waals surface area contributed by atoms with Crippen LogP contribution in [0.3, 0.4) is 0 Å². The van der Waals surface area contributed by atoms with E-state index in [9.17, 15) is 63.3 Å². The largest absolute Gasteiger partial charge is 0.508 e. The van der Waals surface area contributed by atoms with Gasteiger partial charge in [-0.25, -0.2) is 4.79 Å². The maximum absolute atomic E-state index is 14.9. The van der Waals surface area contributed by atoms with Crippen LogP contribution in [0.25, 0.3) is 0 Å². The molecule has 7 amide bonds. The molecule has 22 heteroatoms. The number of carbonyl (C=O) groups excluding carboxylic acids is 10. The third-order valence-electron chi connectivity index (χ3n) is 14.8. The summed E-state index contributed by atoms with van der Waals surface area (Å²) in [6.45, 7) is 18.2. The van der Waals surface area contributed by atoms with E-state index in [0.29, 0.717) is 24.8 Å². The molecule has 13 atom stereocenters. The van der Waals surface area contributed by atoms with Crippen LogP contribution in [0.2, 0.25) is 0 Å². The van der Waals surface area contributed by atoms with Crippen molar-refractivity contribution in [2.24, 2.45) is 29.6 Å². The number of nitrogens with one attached hydrogen (secondary N) is 4. The smallest absolute Gasteiger partial charge is 0.329 e. The number of esters is 2. The maximum Gasteiger partial charge on any atom is 0.329 e. The quantitative estimate of drug-likeness (QED) is 0.103. The average Bonchev–Trinajstić information content (AvgIpc) is 4.07. The number of Topliss-reactive ketones (excluding diaryl/α,β-unsaturated/α-hetero) is 1. The topological polar surface area (TPSA) is 308 Å². The molecule has 22 nitrogen and oxygen atoms in total. The minimum Gasteiger partial charge on any atom is -0.508 e. The first kappa shape index (κ1) is 63.4. The Hall–Kier alpha value is -6.16. The average molecular weight is 1080 g/mol. The highest BCUT2D eigenvalue weighted by Gasteiger charge is 2.45. The molecule has 3 fully saturated rings. The number of phenols is 1. The lowest BCUT2D eigenvalue weighted by molar-refractivity contribution is -0.162. The van der Waals surface area contributed by atoms with Crippen LogP contribution in [0.5, 0.6) is 5.75 Å². The zero-order valence-corrected chi connectivity index (χ0v) is 46.9. The molecule has 3 aliphatic heterocycles. The van der Waals surface area contributed by atoms with Crippen molar-refractivity contribution in [2.75, 3.05) is 20.1 Å². The van der Waals surface area contributed by atoms with E-state index < -0.39 is 150 Å². The van der Waals surface area contributed by atoms with Crippen molar-refractivity contribution in [1.82, 2.24) is 36.0 Å². The molecule has 1 aromatic rings. The Morgan fingerprint density at radius 2 is 1.44 bits per heavy atom. The van der Waals surface area contributed by atoms with Gasteiger partial charge in [0.05, 0.1) is 24.5 Å². The lowest BCUT2D eigenvalue weighted by atomic mass is 9.91. The number of carbonyl (C=O) groups is 10. The number of aliphatic hydroxyl groups is 2. The van der Waals surface area contributed by atoms with Gasteiger partial charge in [0.2, 0.25) is 35.4 Å². The van der Waals surface area contributed by atoms with Gasteiger partial charge in [-0.1, -0.05) is 73.9 Å². The second-order valence-electron chi connectivity index (χ2n) is 22.4. The van der Waals surface area contributed by atoms with Crippen molar-refractivity contribution in [3.05, 3.63) is 29.8 Å². The van der Waals surface area contributed by atoms with Crippen molar-refractivity contribution in [1.29, 1.82) is 0 Å². The fourth-order valence-corrected chi connectivity index (χ4v) is 10.1. The van der Waals surface area contributed by atoms with E-state index >= 15 is 0 Å². The Kier molecular flexibility index (Phi) is 23.4. The van der Waals surface area contributed by atoms with E-state index in [1.807, 2.05) is 27.7 Å². The van der Waals surface area contributed by atoms with Crippen LogP contribution >= 0.6 is 0 Å². The molecule has 430 valence electrons. The third-order valence-corrected chi connectivity index (χ3v) is 14.8. The van der Waals surface area contributed by atoms with Crippen LogP contribution in [0.4, 0.5) is 0 Å². The summed E-state index contributed by atoms with van der Waals surface area (Å²) >= 11 is 0. The van der Waals surface area contributed by atoms with Crippen LogP contribution in [0.15, 0.2) is 24.3 Å². The van der Waals surface area contributed by atoms with Crippen LogP contribution < -0.4 is 21.3 Å². The number of nitrogens with zero attached hydrogens (tertiary/aromatic N) is 3. The Balaban J connectivity index is 1.85. The number of cyclic esters (lactones) is 2. The summed E-state index contributed by atoms with van der Waals surface area (Å²) in [4.78, 5) is 146. The number of aromatic hydroxyl groups is 1. The van der Waals surface area contributed by atoms with Crippen LogP contribution in [0, 0.1) is 29.6 Å². The van der Waals surface area contributed by atoms with Gasteiger partial charge in [-0.05, 0) is 101 Å². The summed E-state index contributed by atoms with van der Waals surface area (Å²) < 4.78 is 11.7. The number of ketones is 1. The lowest BCUT2D eigenvalue weighted by Gasteiger charge is -2.36. The predicted octanol–water partition coefficient (Wildman–Crippen LogP) is 1.67. The molecule has 0 bridgehead atoms. The third kappa shape index (κ3) is 16.9. The van der Waals surface area contributed by atoms with Crippen molar-refractivity contribution in [3.63, 3.8) is 0 Å². The molecular weight excluding hydrogens is 999 g/mol. The number of amides is 7. The highest BCUT2D eigenvalue weighted by molar-refractivity contribution is 6.05. The first-order valence-electron chi connectivity index (χ1n) is 27.2. The minimum absolute atomic E-state index is 0.0620. The molecule has 7 N–H and O–H groups in total. The second-order valence-corrected chi connectivity index (χ2v) is 22.4. The van der Waals surface area contributed by atoms with Crippen molar-refractivity contribution in [3.8, 4) is 5.75 Å². The van der Waals surface area contributed by atoms with Gasteiger partial charge in [-0.2, -0.15) is 0 Å². The van der Waals surface area contributed by atoms with Crippen LogP contribution in [0.1, 0.15) is 133 Å². The second kappa shape index (κ2) is 28.5. The number of likely N-dealkylation sites (N-methyl/N-ethyl adjacent to an activating group) is 1. The van der Waals surface area contributed by atoms with E-state index in [-0.39, 0.29) is 62.8 Å². The molecule has 0 aliphatic carbocycles. The van der Waals surface area contributed by atoms with E-state index in [4.69, 9.17) is 9.47 Å². The van der Waals surface area contributed by atoms with Crippen molar-refractivity contribution >= 4 is 59.1 Å². The summed E-state index contributed by atoms with van der Waals surface area (Å²) in [7, 11) is 1.39. The fourth-order valence-electron chi connectivity index (χ4n) is 10.1. The molecule has 0 radical (unpaired) electrons. The maximum atomic E-state index is 14.9. The molecule has 0 spiro atoms. The number of phenolic OH excluding ortho intramolecular Hbond substituents is 1. The predicted molar refractivity (Wildman–Crippen MR) is 281 cm³/mol. The van der Waals surface area contributed by atoms with Crippen LogP contribution in [-0.4, -0.2) is 176 Å². The van der Waals surface area contributed by atoms with Gasteiger partial charge in [0.15, 0.2) is 11.9 Å². The Morgan fingerprint density at radius 3 is 2.03 bits per heavy atom. The minimum atomic E-state index is -1.78. The van der Waals surface area contributed by atoms with E-state index in [1.54, 1.807) is 27.7 Å². The number of hydrogen-bond donors (Lipinski definition) is 7. The Bertz CT molecular complexity index is 2270. The van der Waals surface area contributed by atoms with Gasteiger partial charge in [-0.3, -0.25) is 43.2 Å². The highest BCUT2D eigenvalue weighted by atomic mass is 16.6. The lowest BCUT2D eigenvalue weighted by Crippen LogP contribution is -2.62. The number of aliphatic hydroxyl groups excluding tert-OH is 2. The van der Waals surface area contributed by atoms with Gasteiger partial charge < -0.3 is 60.8 Å². The van der Waals surface area contributed by atoms with Crippen molar-refractivity contribution < 1.29 is 72.7 Å². The van der Waals surface area contributed by atoms with Gasteiger partial charge in [-0.15, -0.1) is 0 Å². The summed E-state index contributed by atoms with van der Waals surface area (Å²) in [6.07, 6.45) is -5.22. The van der Waals surface area contributed by atoms with E-state index in [1.165, 1.54) is 66.8 Å². The Morgan fingerprint density at radius 1 is 0.818 bits per heavy atom. The number of hydrogen-bond acceptors (Lipinski definition) is 15. The highest BCUT2D eigenvalue weighted by Crippen LogP contribution is 2.26. The molecule has 77 heavy (non-hydrogen) atoms. The van der Waals surface area contributed by atoms with Gasteiger partial charge in [0.25, 0.3) is 5.91 Å². The molecular formula is C55H85N7O15. The van der Waals surface area contributed by atoms with E-state index in [0.717, 1.165) is 0 Å². The SMILES string of the molecule is CC[C@H](C)[C@@H]1NC(=O)[C@@H](NC(=O)[C@@H](CC(C)C)N(C)C(=O)[C@H]2CCCN2C(=O)[C@H](C)O)[C@@H](C)OC(=O)C(Cc2ccc(O)cc2)NC(=O)[C@@H]2CCCN2C(=O)[C@H](CC(C)C)NC(=O)[C@@H](C)C(=O)[C@H](C(C)C)OC(=O)C[C@@H]1O. The molecule has 3 heterocycles. The molecule has 0 aromatic heterocycles. The van der Waals surface area contributed by atoms with Gasteiger partial charge >= 0.3 is 11.9 Å². The Labute approximate surface area is 452 Å². The monoisotopic (exact) mass is 1080 g/mol. The van der Waals surface area contributed by atoms with Gasteiger partial charge in [0, 0.05) is 26.6 Å². The first-order valence-corrected chi connectivity index (χ1v) is 27.2. The molecule has 1 aromatic carbocycles. The first-order chi connectivity index (χ1) is 36.1. The zero-order chi connectivity index (χ0) is 57.7. The summed E-state index contributed by atoms with van der Waals surface area (Å²) in [5, 5.41) is 42.9. The normalized spacial score (nSPS) is 28.0. The number of rotatable bonds is 14. The summed E-state index contributed by atoms with van der Waals surface area (Å²) in [6, 6.07) is -3.30. The number of likely N-dealkylation sites (tertiary alicyclic amines) is 1. The van der Waals surface area contributed by atoms with Crippen LogP contribution in [-0.2, 0) is 63.8 Å². The van der Waals surface area contributed by atoms with Crippen molar-refractivity contribution in [2.45, 2.75) is 201 Å². The fraction of sp³-hybridized carbons (Fsp3) is 0.709. The zero-order valence-electron chi connectivity index (χ0n) is 46.9. The molecule has 0 saturated carbocycles. The number of benzene rings is 1. The standard InChI is InChI=1S/C55H85N7O15/c1-13-31(8)44-42(65)27-43(66)77-47(30(6)7)46(67)32(9)48(68)56-37(24-28(2)3)53(73)61-22-14-16-39(61)49(69)57-38(26-35-18-20-36(64)21-19-35)55(75)76-34(11)45(51(71)58-44)59-50(70)41(25-29(4)5)60(12)54(74)40-17-15-23-62(40)52(72)33(10)63/h18-21,28-34,37-42,44-45,47,63-65H,13-17,22-27H2,1-12H3,(H,56,68)(H,57,69)(H,58,71)(H,59,70)/t31-,32-,33-,34+,37-,38?,39-,40+,41+,42-,44-,45-,47-/m0/s1. The molecule has 4 rings (SSSR count). The molecule has 3 saturated heterocycles. The van der Waals surface area contributed by atoms with E-state index in [2.05, 4.69) is 21.3 Å². The summed E-state index contributed by atoms with van der Waals surface area (Å²) in [5.41, 5.74) is 0.462.